The molecule has 2 amide bonds. The summed E-state index contributed by atoms with van der Waals surface area (Å²) in [6.07, 6.45) is 0. The summed E-state index contributed by atoms with van der Waals surface area (Å²) < 4.78 is 26.3. The fourth-order valence-electron chi connectivity index (χ4n) is 4.90. The first-order valence-corrected chi connectivity index (χ1v) is 11.3. The number of benzene rings is 3. The zero-order valence-corrected chi connectivity index (χ0v) is 18.7. The Kier molecular flexibility index (Phi) is 6.06. The van der Waals surface area contributed by atoms with Crippen LogP contribution in [0.4, 0.5) is 8.78 Å². The Labute approximate surface area is 201 Å². The quantitative estimate of drug-likeness (QED) is 0.596. The van der Waals surface area contributed by atoms with Gasteiger partial charge in [-0.3, -0.25) is 9.59 Å². The van der Waals surface area contributed by atoms with E-state index in [2.05, 4.69) is 11.8 Å². The van der Waals surface area contributed by atoms with Crippen LogP contribution in [0.2, 0.25) is 0 Å². The molecule has 35 heavy (non-hydrogen) atoms. The van der Waals surface area contributed by atoms with E-state index in [-0.39, 0.29) is 48.8 Å². The van der Waals surface area contributed by atoms with Crippen LogP contribution in [-0.4, -0.2) is 58.5 Å². The zero-order chi connectivity index (χ0) is 24.5. The number of nitrogens with zero attached hydrogens (tertiary/aromatic N) is 2. The molecule has 2 aliphatic heterocycles. The van der Waals surface area contributed by atoms with Crippen molar-refractivity contribution in [3.63, 3.8) is 0 Å². The molecule has 176 valence electrons. The molecule has 0 unspecified atom stereocenters. The van der Waals surface area contributed by atoms with Crippen LogP contribution in [0.1, 0.15) is 33.0 Å². The standard InChI is InChI=1S/C28H22F2N2O3/c29-22-11-5-19(6-12-22)2-1-18-3-7-20(8-4-18)27-24-15-31(16-26(34)32(24)25(27)17-33)28(35)21-9-13-23(30)14-10-21/h3-14,24-25,27,33H,15-17H2/t24-,25+,27-/m0/s1. The minimum Gasteiger partial charge on any atom is -0.394 e. The van der Waals surface area contributed by atoms with Gasteiger partial charge in [0.1, 0.15) is 18.2 Å². The average Bonchev–Trinajstić information content (AvgIpc) is 2.85. The Morgan fingerprint density at radius 1 is 0.886 bits per heavy atom. The number of piperazine rings is 1. The molecule has 2 heterocycles. The second-order valence-electron chi connectivity index (χ2n) is 8.72. The summed E-state index contributed by atoms with van der Waals surface area (Å²) in [5.41, 5.74) is 2.76. The molecule has 3 atom stereocenters. The van der Waals surface area contributed by atoms with Crippen molar-refractivity contribution in [1.29, 1.82) is 0 Å². The number of amides is 2. The third kappa shape index (κ3) is 4.41. The van der Waals surface area contributed by atoms with E-state index in [0.717, 1.165) is 11.1 Å². The molecular weight excluding hydrogens is 450 g/mol. The Balaban J connectivity index is 1.34. The van der Waals surface area contributed by atoms with Crippen LogP contribution in [0.25, 0.3) is 0 Å². The number of carbonyl (C=O) groups is 2. The van der Waals surface area contributed by atoms with Gasteiger partial charge in [0.25, 0.3) is 5.91 Å². The van der Waals surface area contributed by atoms with E-state index >= 15 is 0 Å². The summed E-state index contributed by atoms with van der Waals surface area (Å²) in [5.74, 6) is 4.63. The van der Waals surface area contributed by atoms with Crippen LogP contribution in [0.5, 0.6) is 0 Å². The van der Waals surface area contributed by atoms with E-state index in [0.29, 0.717) is 17.7 Å². The van der Waals surface area contributed by atoms with Crippen molar-refractivity contribution in [3.8, 4) is 11.8 Å². The molecule has 0 saturated carbocycles. The fraction of sp³-hybridized carbons (Fsp3) is 0.214. The summed E-state index contributed by atoms with van der Waals surface area (Å²) in [6, 6.07) is 18.2. The van der Waals surface area contributed by atoms with Gasteiger partial charge in [0.15, 0.2) is 0 Å². The molecule has 5 rings (SSSR count). The maximum Gasteiger partial charge on any atom is 0.254 e. The van der Waals surface area contributed by atoms with Gasteiger partial charge in [0.2, 0.25) is 5.91 Å². The van der Waals surface area contributed by atoms with Crippen LogP contribution in [0.15, 0.2) is 72.8 Å². The molecule has 2 aliphatic rings. The van der Waals surface area contributed by atoms with Crippen molar-refractivity contribution < 1.29 is 23.5 Å². The third-order valence-corrected chi connectivity index (χ3v) is 6.62. The first kappa shape index (κ1) is 22.8. The first-order valence-electron chi connectivity index (χ1n) is 11.3. The predicted octanol–water partition coefficient (Wildman–Crippen LogP) is 3.18. The Morgan fingerprint density at radius 2 is 1.43 bits per heavy atom. The number of halogens is 2. The van der Waals surface area contributed by atoms with Gasteiger partial charge >= 0.3 is 0 Å². The van der Waals surface area contributed by atoms with Gasteiger partial charge < -0.3 is 14.9 Å². The van der Waals surface area contributed by atoms with Crippen molar-refractivity contribution in [2.45, 2.75) is 18.0 Å². The molecule has 5 nitrogen and oxygen atoms in total. The van der Waals surface area contributed by atoms with Crippen LogP contribution in [0, 0.1) is 23.5 Å². The lowest BCUT2D eigenvalue weighted by molar-refractivity contribution is -0.159. The van der Waals surface area contributed by atoms with Crippen LogP contribution in [-0.2, 0) is 4.79 Å². The molecule has 1 N–H and O–H groups in total. The number of hydrogen-bond acceptors (Lipinski definition) is 3. The van der Waals surface area contributed by atoms with Gasteiger partial charge in [-0.05, 0) is 66.2 Å². The zero-order valence-electron chi connectivity index (χ0n) is 18.7. The SMILES string of the molecule is O=C(c1ccc(F)cc1)N1CC(=O)N2[C@H](CO)[C@@H](c3ccc(C#Cc4ccc(F)cc4)cc3)[C@@H]2C1. The Bertz CT molecular complexity index is 1310. The van der Waals surface area contributed by atoms with E-state index in [9.17, 15) is 23.5 Å². The molecule has 0 radical (unpaired) electrons. The highest BCUT2D eigenvalue weighted by Gasteiger charge is 2.54. The number of hydrogen-bond donors (Lipinski definition) is 1. The highest BCUT2D eigenvalue weighted by atomic mass is 19.1. The summed E-state index contributed by atoms with van der Waals surface area (Å²) in [7, 11) is 0. The van der Waals surface area contributed by atoms with Gasteiger partial charge in [-0.1, -0.05) is 24.0 Å². The number of carbonyl (C=O) groups excluding carboxylic acids is 2. The molecule has 0 aliphatic carbocycles. The van der Waals surface area contributed by atoms with Crippen LogP contribution >= 0.6 is 0 Å². The minimum absolute atomic E-state index is 0.0756. The van der Waals surface area contributed by atoms with Gasteiger partial charge in [0, 0.05) is 29.2 Å². The third-order valence-electron chi connectivity index (χ3n) is 6.62. The highest BCUT2D eigenvalue weighted by molar-refractivity contribution is 5.97. The average molecular weight is 472 g/mol. The largest absolute Gasteiger partial charge is 0.394 e. The van der Waals surface area contributed by atoms with Gasteiger partial charge in [-0.2, -0.15) is 0 Å². The Hall–Kier alpha value is -4.02. The maximum atomic E-state index is 13.2. The van der Waals surface area contributed by atoms with Crippen molar-refractivity contribution >= 4 is 11.8 Å². The molecule has 3 aromatic rings. The predicted molar refractivity (Wildman–Crippen MR) is 125 cm³/mol. The molecule has 0 spiro atoms. The molecule has 7 heteroatoms. The summed E-state index contributed by atoms with van der Waals surface area (Å²) in [6.45, 7) is 0.0774. The number of aliphatic hydroxyl groups is 1. The highest BCUT2D eigenvalue weighted by Crippen LogP contribution is 2.43. The van der Waals surface area contributed by atoms with Crippen molar-refractivity contribution in [3.05, 3.63) is 107 Å². The molecular formula is C28H22F2N2O3. The summed E-state index contributed by atoms with van der Waals surface area (Å²) in [4.78, 5) is 28.9. The van der Waals surface area contributed by atoms with Crippen LogP contribution < -0.4 is 0 Å². The molecule has 3 aromatic carbocycles. The lowest BCUT2D eigenvalue weighted by atomic mass is 9.73. The van der Waals surface area contributed by atoms with Gasteiger partial charge in [0.05, 0.1) is 18.7 Å². The van der Waals surface area contributed by atoms with E-state index in [1.807, 2.05) is 24.3 Å². The smallest absolute Gasteiger partial charge is 0.254 e. The second-order valence-corrected chi connectivity index (χ2v) is 8.72. The van der Waals surface area contributed by atoms with E-state index in [1.54, 1.807) is 17.0 Å². The number of rotatable bonds is 3. The monoisotopic (exact) mass is 472 g/mol. The fourth-order valence-corrected chi connectivity index (χ4v) is 4.90. The van der Waals surface area contributed by atoms with E-state index < -0.39 is 5.82 Å². The van der Waals surface area contributed by atoms with Gasteiger partial charge in [-0.25, -0.2) is 8.78 Å². The summed E-state index contributed by atoms with van der Waals surface area (Å²) in [5, 5.41) is 9.98. The topological polar surface area (TPSA) is 60.9 Å². The maximum absolute atomic E-state index is 13.2. The number of aliphatic hydroxyl groups excluding tert-OH is 1. The second kappa shape index (κ2) is 9.32. The lowest BCUT2D eigenvalue weighted by Crippen LogP contribution is -2.73. The lowest BCUT2D eigenvalue weighted by Gasteiger charge is -2.58. The molecule has 0 bridgehead atoms. The Morgan fingerprint density at radius 3 is 2.00 bits per heavy atom. The normalized spacial score (nSPS) is 21.0. The van der Waals surface area contributed by atoms with Crippen molar-refractivity contribution in [2.24, 2.45) is 0 Å². The van der Waals surface area contributed by atoms with Crippen molar-refractivity contribution in [2.75, 3.05) is 19.7 Å². The first-order chi connectivity index (χ1) is 16.9. The minimum atomic E-state index is -0.432. The van der Waals surface area contributed by atoms with Crippen molar-refractivity contribution in [1.82, 2.24) is 9.80 Å². The molecule has 2 fully saturated rings. The van der Waals surface area contributed by atoms with E-state index in [4.69, 9.17) is 0 Å². The van der Waals surface area contributed by atoms with Gasteiger partial charge in [-0.15, -0.1) is 0 Å². The summed E-state index contributed by atoms with van der Waals surface area (Å²) >= 11 is 0. The number of fused-ring (bicyclic) bond motifs is 1. The molecule has 0 aromatic heterocycles. The van der Waals surface area contributed by atoms with E-state index in [1.165, 1.54) is 41.3 Å². The molecule has 2 saturated heterocycles. The van der Waals surface area contributed by atoms with Crippen LogP contribution in [0.3, 0.4) is 0 Å².